The first-order valence-corrected chi connectivity index (χ1v) is 21.0. The number of imidazole rings is 2. The first-order valence-electron chi connectivity index (χ1n) is 18.6. The first kappa shape index (κ1) is 44.0. The van der Waals surface area contributed by atoms with Crippen LogP contribution in [0.4, 0.5) is 14.6 Å². The van der Waals surface area contributed by atoms with Crippen LogP contribution in [-0.4, -0.2) is 67.5 Å². The molecule has 4 heterocycles. The van der Waals surface area contributed by atoms with Gasteiger partial charge in [-0.15, -0.1) is 0 Å². The number of halogens is 4. The van der Waals surface area contributed by atoms with Gasteiger partial charge in [-0.3, -0.25) is 5.41 Å². The zero-order valence-corrected chi connectivity index (χ0v) is 36.7. The minimum atomic E-state index is -0.372. The highest BCUT2D eigenvalue weighted by molar-refractivity contribution is 7.99. The third kappa shape index (κ3) is 9.99. The average Bonchev–Trinajstić information content (AvgIpc) is 3.86. The number of methoxy groups -OCH3 is 4. The van der Waals surface area contributed by atoms with Crippen molar-refractivity contribution < 1.29 is 27.7 Å². The monoisotopic (exact) mass is 918 g/mol. The average molecular weight is 920 g/mol. The van der Waals surface area contributed by atoms with Crippen molar-refractivity contribution in [2.45, 2.75) is 46.0 Å². The van der Waals surface area contributed by atoms with Gasteiger partial charge in [0.2, 0.25) is 0 Å². The van der Waals surface area contributed by atoms with E-state index < -0.39 is 0 Å². The Morgan fingerprint density at radius 1 is 0.710 bits per heavy atom. The molecule has 0 saturated heterocycles. The molecule has 4 aromatic heterocycles. The number of nitrogen functional groups attached to an aromatic ring is 1. The van der Waals surface area contributed by atoms with E-state index in [1.54, 1.807) is 46.9 Å². The molecule has 0 unspecified atom stereocenters. The molecule has 0 bridgehead atoms. The molecular weight excluding hydrogens is 882 g/mol. The Morgan fingerprint density at radius 3 is 1.89 bits per heavy atom. The fourth-order valence-electron chi connectivity index (χ4n) is 6.24. The zero-order valence-electron chi connectivity index (χ0n) is 33.6. The van der Waals surface area contributed by atoms with Crippen LogP contribution in [-0.2, 0) is 25.9 Å². The van der Waals surface area contributed by atoms with E-state index in [0.717, 1.165) is 20.9 Å². The molecule has 0 radical (unpaired) electrons. The van der Waals surface area contributed by atoms with Gasteiger partial charge in [0.05, 0.1) is 44.6 Å². The van der Waals surface area contributed by atoms with Crippen molar-refractivity contribution in [2.75, 3.05) is 34.2 Å². The summed E-state index contributed by atoms with van der Waals surface area (Å²) in [6, 6.07) is 19.8. The summed E-state index contributed by atoms with van der Waals surface area (Å²) in [5, 5.41) is 10.1. The number of ether oxygens (including phenoxy) is 4. The van der Waals surface area contributed by atoms with E-state index in [4.69, 9.17) is 53.3 Å². The largest absolute Gasteiger partial charge is 0.497 e. The molecule has 0 saturated carbocycles. The van der Waals surface area contributed by atoms with E-state index >= 15 is 0 Å². The van der Waals surface area contributed by atoms with Crippen LogP contribution in [0.15, 0.2) is 106 Å². The number of hydrogen-bond donors (Lipinski definition) is 3. The number of aromatic nitrogens is 8. The molecule has 320 valence electrons. The molecule has 4 aromatic carbocycles. The number of fused-ring (bicyclic) bond motifs is 2. The SMILES string of the molecule is COc1ccc(OC)c(Sc2nc3c(N)ncnc3n2CCc2ccc(F)cc2Cl)c1.COc1ccc(OC)c(Sc2nc3c([nH]2)c(=N)ncn3CCc2ccc(F)cc2Cl)c1. The Kier molecular flexibility index (Phi) is 14.0. The molecule has 0 aliphatic rings. The van der Waals surface area contributed by atoms with Gasteiger partial charge in [-0.05, 0) is 108 Å². The zero-order chi connectivity index (χ0) is 43.9. The van der Waals surface area contributed by atoms with Gasteiger partial charge < -0.3 is 38.8 Å². The normalized spacial score (nSPS) is 11.1. The molecule has 62 heavy (non-hydrogen) atoms. The number of rotatable bonds is 14. The Morgan fingerprint density at radius 2 is 1.31 bits per heavy atom. The summed E-state index contributed by atoms with van der Waals surface area (Å²) in [5.74, 6) is 2.33. The lowest BCUT2D eigenvalue weighted by Gasteiger charge is -2.12. The van der Waals surface area contributed by atoms with Crippen molar-refractivity contribution in [2.24, 2.45) is 0 Å². The topological polar surface area (TPSA) is 177 Å². The summed E-state index contributed by atoms with van der Waals surface area (Å²) >= 11 is 15.1. The molecule has 0 aliphatic carbocycles. The van der Waals surface area contributed by atoms with Gasteiger partial charge in [-0.2, -0.15) is 0 Å². The van der Waals surface area contributed by atoms with Crippen molar-refractivity contribution in [3.05, 3.63) is 124 Å². The van der Waals surface area contributed by atoms with Crippen molar-refractivity contribution >= 4 is 74.9 Å². The number of aryl methyl sites for hydroxylation is 4. The van der Waals surface area contributed by atoms with E-state index in [1.165, 1.54) is 54.1 Å². The maximum absolute atomic E-state index is 13.4. The molecule has 14 nitrogen and oxygen atoms in total. The van der Waals surface area contributed by atoms with Crippen LogP contribution in [0.2, 0.25) is 10.0 Å². The van der Waals surface area contributed by atoms with Crippen LogP contribution in [0.25, 0.3) is 22.3 Å². The molecule has 0 spiro atoms. The van der Waals surface area contributed by atoms with Gasteiger partial charge in [-0.25, -0.2) is 33.7 Å². The molecular formula is C42H38Cl2F2N10O4S2. The lowest BCUT2D eigenvalue weighted by molar-refractivity contribution is 0.394. The van der Waals surface area contributed by atoms with E-state index in [1.807, 2.05) is 45.5 Å². The summed E-state index contributed by atoms with van der Waals surface area (Å²) in [4.78, 5) is 26.7. The van der Waals surface area contributed by atoms with Gasteiger partial charge in [0, 0.05) is 23.1 Å². The Balaban J connectivity index is 0.000000186. The number of benzene rings is 4. The Labute approximate surface area is 372 Å². The number of nitrogens with two attached hydrogens (primary N) is 1. The lowest BCUT2D eigenvalue weighted by Crippen LogP contribution is -2.13. The molecule has 0 aliphatic heterocycles. The van der Waals surface area contributed by atoms with E-state index in [9.17, 15) is 8.78 Å². The summed E-state index contributed by atoms with van der Waals surface area (Å²) < 4.78 is 52.0. The second-order valence-corrected chi connectivity index (χ2v) is 16.1. The van der Waals surface area contributed by atoms with Gasteiger partial charge in [0.15, 0.2) is 38.4 Å². The highest BCUT2D eigenvalue weighted by Gasteiger charge is 2.19. The molecule has 0 atom stereocenters. The summed E-state index contributed by atoms with van der Waals surface area (Å²) in [5.41, 5.74) is 10.0. The predicted octanol–water partition coefficient (Wildman–Crippen LogP) is 9.05. The predicted molar refractivity (Wildman–Crippen MR) is 235 cm³/mol. The number of aromatic amines is 1. The van der Waals surface area contributed by atoms with Crippen molar-refractivity contribution in [1.29, 1.82) is 5.41 Å². The summed E-state index contributed by atoms with van der Waals surface area (Å²) in [6.07, 6.45) is 4.10. The highest BCUT2D eigenvalue weighted by atomic mass is 35.5. The van der Waals surface area contributed by atoms with Crippen LogP contribution in [0.1, 0.15) is 11.1 Å². The molecule has 8 rings (SSSR count). The third-order valence-electron chi connectivity index (χ3n) is 9.43. The number of nitrogens with one attached hydrogen (secondary N) is 2. The van der Waals surface area contributed by atoms with E-state index in [0.29, 0.717) is 97.4 Å². The fraction of sp³-hybridized carbons (Fsp3) is 0.190. The minimum absolute atomic E-state index is 0.100. The van der Waals surface area contributed by atoms with Crippen LogP contribution < -0.4 is 30.2 Å². The number of anilines is 1. The number of H-pyrrole nitrogens is 1. The van der Waals surface area contributed by atoms with Crippen molar-refractivity contribution in [3.63, 3.8) is 0 Å². The molecule has 20 heteroatoms. The van der Waals surface area contributed by atoms with Gasteiger partial charge in [0.25, 0.3) is 0 Å². The second-order valence-electron chi connectivity index (χ2n) is 13.2. The first-order chi connectivity index (χ1) is 30.0. The summed E-state index contributed by atoms with van der Waals surface area (Å²) in [6.45, 7) is 1.03. The fourth-order valence-corrected chi connectivity index (χ4v) is 8.73. The highest BCUT2D eigenvalue weighted by Crippen LogP contribution is 2.39. The van der Waals surface area contributed by atoms with Gasteiger partial charge >= 0.3 is 0 Å². The third-order valence-corrected chi connectivity index (χ3v) is 12.1. The molecule has 0 amide bonds. The maximum atomic E-state index is 13.4. The van der Waals surface area contributed by atoms with E-state index in [-0.39, 0.29) is 17.1 Å². The quantitative estimate of drug-likeness (QED) is 0.0945. The number of nitrogens with zero attached hydrogens (tertiary/aromatic N) is 7. The van der Waals surface area contributed by atoms with Gasteiger partial charge in [-0.1, -0.05) is 35.3 Å². The van der Waals surface area contributed by atoms with Crippen LogP contribution in [0.3, 0.4) is 0 Å². The Bertz CT molecular complexity index is 2950. The van der Waals surface area contributed by atoms with Crippen LogP contribution in [0.5, 0.6) is 23.0 Å². The lowest BCUT2D eigenvalue weighted by atomic mass is 10.1. The van der Waals surface area contributed by atoms with Crippen LogP contribution in [0, 0.1) is 17.0 Å². The van der Waals surface area contributed by atoms with Crippen molar-refractivity contribution in [1.82, 2.24) is 39.0 Å². The standard InChI is InChI=1S/2C21H19ClFN5O2S/c1-29-14-5-6-16(30-2)17(10-14)31-21-26-18-19(24)25-11-28(20(18)27-21)8-7-12-3-4-13(23)9-15(12)22;1-29-14-5-6-16(30-2)17(10-14)31-21-27-18-19(24)25-11-26-20(18)28(21)8-7-12-3-4-13(23)9-15(12)22/h3-6,9-11,24H,7-8H2,1-2H3,(H,26,27);3-6,9-11H,7-8H2,1-2H3,(H2,24,25,26). The van der Waals surface area contributed by atoms with Gasteiger partial charge in [0.1, 0.15) is 46.5 Å². The molecule has 0 fully saturated rings. The molecule has 8 aromatic rings. The maximum Gasteiger partial charge on any atom is 0.175 e. The second kappa shape index (κ2) is 19.7. The number of hydrogen-bond acceptors (Lipinski definition) is 13. The molecule has 4 N–H and O–H groups in total. The van der Waals surface area contributed by atoms with Crippen molar-refractivity contribution in [3.8, 4) is 23.0 Å². The van der Waals surface area contributed by atoms with Crippen LogP contribution >= 0.6 is 46.7 Å². The Hall–Kier alpha value is -6.08. The smallest absolute Gasteiger partial charge is 0.175 e. The minimum Gasteiger partial charge on any atom is -0.497 e. The van der Waals surface area contributed by atoms with E-state index in [2.05, 4.69) is 29.9 Å². The summed E-state index contributed by atoms with van der Waals surface area (Å²) in [7, 11) is 6.42.